The molecule has 0 N–H and O–H groups in total. The molecule has 156 valence electrons. The summed E-state index contributed by atoms with van der Waals surface area (Å²) < 4.78 is 12.8. The van der Waals surface area contributed by atoms with E-state index in [1.54, 1.807) is 11.1 Å². The van der Waals surface area contributed by atoms with E-state index in [9.17, 15) is 0 Å². The summed E-state index contributed by atoms with van der Waals surface area (Å²) in [6, 6.07) is 14.3. The van der Waals surface area contributed by atoms with E-state index in [4.69, 9.17) is 9.31 Å². The van der Waals surface area contributed by atoms with Gasteiger partial charge >= 0.3 is 7.12 Å². The number of aryl methyl sites for hydroxylation is 1. The highest BCUT2D eigenvalue weighted by Crippen LogP contribution is 2.69. The Labute approximate surface area is 181 Å². The SMILES string of the molecule is Cc1ccc2c(c1)C13CCCC1(CCC3)c1cc(B3OC(C)(C)C(C)(C)O3)ccc1-2. The molecule has 1 aliphatic heterocycles. The molecule has 0 unspecified atom stereocenters. The first kappa shape index (κ1) is 19.1. The molecule has 4 aliphatic rings. The van der Waals surface area contributed by atoms with Crippen LogP contribution < -0.4 is 5.46 Å². The molecule has 30 heavy (non-hydrogen) atoms. The van der Waals surface area contributed by atoms with Crippen molar-refractivity contribution in [2.24, 2.45) is 0 Å². The molecule has 0 amide bonds. The first-order chi connectivity index (χ1) is 14.2. The minimum absolute atomic E-state index is 0.284. The fraction of sp³-hybridized carbons (Fsp3) is 0.556. The maximum absolute atomic E-state index is 6.42. The minimum Gasteiger partial charge on any atom is -0.399 e. The highest BCUT2D eigenvalue weighted by atomic mass is 16.7. The topological polar surface area (TPSA) is 18.5 Å². The highest BCUT2D eigenvalue weighted by Gasteiger charge is 2.62. The first-order valence-corrected chi connectivity index (χ1v) is 11.8. The van der Waals surface area contributed by atoms with Crippen molar-refractivity contribution in [1.82, 2.24) is 0 Å². The van der Waals surface area contributed by atoms with E-state index in [2.05, 4.69) is 71.0 Å². The molecule has 3 heteroatoms. The van der Waals surface area contributed by atoms with E-state index in [1.807, 2.05) is 0 Å². The van der Waals surface area contributed by atoms with Crippen molar-refractivity contribution >= 4 is 12.6 Å². The highest BCUT2D eigenvalue weighted by molar-refractivity contribution is 6.62. The van der Waals surface area contributed by atoms with Crippen LogP contribution in [-0.4, -0.2) is 18.3 Å². The molecule has 0 aromatic heterocycles. The summed E-state index contributed by atoms with van der Waals surface area (Å²) in [5, 5.41) is 0. The second kappa shape index (κ2) is 5.81. The maximum Gasteiger partial charge on any atom is 0.494 e. The summed E-state index contributed by atoms with van der Waals surface area (Å²) >= 11 is 0. The second-order valence-corrected chi connectivity index (χ2v) is 11.3. The Bertz CT molecular complexity index is 1020. The zero-order chi connectivity index (χ0) is 20.9. The summed E-state index contributed by atoms with van der Waals surface area (Å²) in [5.41, 5.74) is 8.72. The molecule has 0 spiro atoms. The third kappa shape index (κ3) is 2.18. The third-order valence-electron chi connectivity index (χ3n) is 9.40. The smallest absolute Gasteiger partial charge is 0.399 e. The Morgan fingerprint density at radius 3 is 1.77 bits per heavy atom. The van der Waals surface area contributed by atoms with Crippen LogP contribution in [0.1, 0.15) is 82.9 Å². The second-order valence-electron chi connectivity index (χ2n) is 11.3. The quantitative estimate of drug-likeness (QED) is 0.562. The molecule has 2 aromatic carbocycles. The summed E-state index contributed by atoms with van der Waals surface area (Å²) in [6.07, 6.45) is 7.99. The predicted octanol–water partition coefficient (Wildman–Crippen LogP) is 5.82. The van der Waals surface area contributed by atoms with Crippen LogP contribution in [0.4, 0.5) is 0 Å². The van der Waals surface area contributed by atoms with Crippen molar-refractivity contribution in [2.75, 3.05) is 0 Å². The maximum atomic E-state index is 6.42. The van der Waals surface area contributed by atoms with Gasteiger partial charge in [0.15, 0.2) is 0 Å². The molecule has 2 aromatic rings. The van der Waals surface area contributed by atoms with Gasteiger partial charge in [-0.2, -0.15) is 0 Å². The molecule has 1 heterocycles. The Morgan fingerprint density at radius 1 is 0.700 bits per heavy atom. The minimum atomic E-state index is -0.305. The Morgan fingerprint density at radius 2 is 1.20 bits per heavy atom. The Balaban J connectivity index is 1.55. The van der Waals surface area contributed by atoms with Crippen molar-refractivity contribution in [3.05, 3.63) is 53.1 Å². The molecule has 0 radical (unpaired) electrons. The first-order valence-electron chi connectivity index (χ1n) is 11.8. The number of benzene rings is 2. The zero-order valence-corrected chi connectivity index (χ0v) is 19.1. The molecule has 2 nitrogen and oxygen atoms in total. The molecule has 2 saturated carbocycles. The summed E-state index contributed by atoms with van der Waals surface area (Å²) in [6.45, 7) is 10.8. The Kier molecular flexibility index (Phi) is 3.70. The number of hydrogen-bond acceptors (Lipinski definition) is 2. The van der Waals surface area contributed by atoms with Gasteiger partial charge in [0.2, 0.25) is 0 Å². The van der Waals surface area contributed by atoms with Gasteiger partial charge in [-0.1, -0.05) is 54.8 Å². The van der Waals surface area contributed by atoms with Crippen LogP contribution in [0, 0.1) is 6.92 Å². The normalized spacial score (nSPS) is 32.5. The van der Waals surface area contributed by atoms with E-state index < -0.39 is 0 Å². The third-order valence-corrected chi connectivity index (χ3v) is 9.40. The van der Waals surface area contributed by atoms with Crippen molar-refractivity contribution < 1.29 is 9.31 Å². The predicted molar refractivity (Wildman–Crippen MR) is 123 cm³/mol. The van der Waals surface area contributed by atoms with Crippen LogP contribution >= 0.6 is 0 Å². The van der Waals surface area contributed by atoms with Crippen molar-refractivity contribution in [3.63, 3.8) is 0 Å². The lowest BCUT2D eigenvalue weighted by atomic mass is 9.54. The molecule has 3 aliphatic carbocycles. The van der Waals surface area contributed by atoms with Gasteiger partial charge in [0.1, 0.15) is 0 Å². The largest absolute Gasteiger partial charge is 0.494 e. The van der Waals surface area contributed by atoms with Gasteiger partial charge in [-0.05, 0) is 88.0 Å². The zero-order valence-electron chi connectivity index (χ0n) is 19.1. The summed E-state index contributed by atoms with van der Waals surface area (Å²) in [5.74, 6) is 0. The van der Waals surface area contributed by atoms with Crippen LogP contribution in [0.15, 0.2) is 36.4 Å². The van der Waals surface area contributed by atoms with E-state index in [1.165, 1.54) is 60.7 Å². The monoisotopic (exact) mass is 400 g/mol. The van der Waals surface area contributed by atoms with E-state index in [0.717, 1.165) is 0 Å². The van der Waals surface area contributed by atoms with Crippen LogP contribution in [0.5, 0.6) is 0 Å². The van der Waals surface area contributed by atoms with Gasteiger partial charge in [-0.15, -0.1) is 0 Å². The van der Waals surface area contributed by atoms with Gasteiger partial charge in [-0.3, -0.25) is 0 Å². The summed E-state index contributed by atoms with van der Waals surface area (Å²) in [4.78, 5) is 0. The van der Waals surface area contributed by atoms with Crippen LogP contribution in [0.3, 0.4) is 0 Å². The molecule has 3 fully saturated rings. The summed E-state index contributed by atoms with van der Waals surface area (Å²) in [7, 11) is -0.284. The van der Waals surface area contributed by atoms with Gasteiger partial charge in [0, 0.05) is 10.8 Å². The average Bonchev–Trinajstić information content (AvgIpc) is 3.30. The van der Waals surface area contributed by atoms with Crippen molar-refractivity contribution in [1.29, 1.82) is 0 Å². The lowest BCUT2D eigenvalue weighted by Crippen LogP contribution is -2.45. The van der Waals surface area contributed by atoms with Gasteiger partial charge in [-0.25, -0.2) is 0 Å². The van der Waals surface area contributed by atoms with Gasteiger partial charge in [0.05, 0.1) is 11.2 Å². The van der Waals surface area contributed by atoms with Gasteiger partial charge < -0.3 is 9.31 Å². The number of rotatable bonds is 1. The lowest BCUT2D eigenvalue weighted by Gasteiger charge is -2.48. The van der Waals surface area contributed by atoms with Gasteiger partial charge in [0.25, 0.3) is 0 Å². The van der Waals surface area contributed by atoms with E-state index in [0.29, 0.717) is 10.8 Å². The van der Waals surface area contributed by atoms with E-state index in [-0.39, 0.29) is 18.3 Å². The molecule has 0 bridgehead atoms. The van der Waals surface area contributed by atoms with Crippen LogP contribution in [-0.2, 0) is 20.1 Å². The molecular weight excluding hydrogens is 367 g/mol. The Hall–Kier alpha value is -1.58. The van der Waals surface area contributed by atoms with Crippen molar-refractivity contribution in [2.45, 2.75) is 95.2 Å². The fourth-order valence-electron chi connectivity index (χ4n) is 7.25. The van der Waals surface area contributed by atoms with E-state index >= 15 is 0 Å². The fourth-order valence-corrected chi connectivity index (χ4v) is 7.25. The average molecular weight is 400 g/mol. The van der Waals surface area contributed by atoms with Crippen LogP contribution in [0.2, 0.25) is 0 Å². The van der Waals surface area contributed by atoms with Crippen LogP contribution in [0.25, 0.3) is 11.1 Å². The lowest BCUT2D eigenvalue weighted by molar-refractivity contribution is 0.00578. The number of fused-ring (bicyclic) bond motifs is 3. The number of hydrogen-bond donors (Lipinski definition) is 0. The molecule has 0 atom stereocenters. The van der Waals surface area contributed by atoms with Crippen molar-refractivity contribution in [3.8, 4) is 11.1 Å². The molecular formula is C27H33BO2. The standard InChI is InChI=1S/C27H33BO2/c1-18-8-10-20-21-11-9-19(28-29-24(2,3)25(4,5)30-28)17-23(21)27-14-6-12-26(27,13-7-15-27)22(20)16-18/h8-11,16-17H,6-7,12-15H2,1-5H3. The molecule has 1 saturated heterocycles. The molecule has 6 rings (SSSR count).